The summed E-state index contributed by atoms with van der Waals surface area (Å²) in [5.41, 5.74) is 2.59. The second kappa shape index (κ2) is 10.7. The molecule has 0 saturated heterocycles. The van der Waals surface area contributed by atoms with Gasteiger partial charge in [0.2, 0.25) is 15.9 Å². The summed E-state index contributed by atoms with van der Waals surface area (Å²) in [7, 11) is -7.74. The number of carbonyl (C=O) groups is 1. The number of benzene rings is 3. The minimum atomic E-state index is -3.95. The summed E-state index contributed by atoms with van der Waals surface area (Å²) in [5.74, 6) is -0.582. The van der Waals surface area contributed by atoms with E-state index in [0.29, 0.717) is 11.4 Å². The lowest BCUT2D eigenvalue weighted by Crippen LogP contribution is -2.45. The van der Waals surface area contributed by atoms with Crippen molar-refractivity contribution in [1.82, 2.24) is 0 Å². The molecule has 1 atom stereocenters. The van der Waals surface area contributed by atoms with Gasteiger partial charge in [0.1, 0.15) is 6.04 Å². The lowest BCUT2D eigenvalue weighted by atomic mass is 10.1. The molecule has 36 heavy (non-hydrogen) atoms. The van der Waals surface area contributed by atoms with Gasteiger partial charge in [0, 0.05) is 15.7 Å². The average molecular weight is 571 g/mol. The molecule has 0 aliphatic carbocycles. The van der Waals surface area contributed by atoms with Gasteiger partial charge in [0.05, 0.1) is 22.5 Å². The van der Waals surface area contributed by atoms with Gasteiger partial charge in [-0.3, -0.25) is 13.8 Å². The van der Waals surface area contributed by atoms with E-state index >= 15 is 0 Å². The highest BCUT2D eigenvalue weighted by Crippen LogP contribution is 2.26. The van der Waals surface area contributed by atoms with Crippen LogP contribution in [0, 0.1) is 13.8 Å². The van der Waals surface area contributed by atoms with Crippen LogP contribution in [-0.2, 0) is 24.8 Å². The number of anilines is 3. The molecule has 0 bridgehead atoms. The number of carbonyl (C=O) groups excluding carboxylic acids is 1. The first-order chi connectivity index (χ1) is 16.7. The topological polar surface area (TPSA) is 113 Å². The van der Waals surface area contributed by atoms with Crippen molar-refractivity contribution in [2.75, 3.05) is 20.6 Å². The third-order valence-electron chi connectivity index (χ3n) is 5.10. The Morgan fingerprint density at radius 1 is 0.833 bits per heavy atom. The predicted octanol–water partition coefficient (Wildman–Crippen LogP) is 5.20. The van der Waals surface area contributed by atoms with Crippen molar-refractivity contribution < 1.29 is 21.6 Å². The van der Waals surface area contributed by atoms with Gasteiger partial charge in [-0.25, -0.2) is 16.8 Å². The highest BCUT2D eigenvalue weighted by atomic mass is 35.5. The summed E-state index contributed by atoms with van der Waals surface area (Å²) in [4.78, 5) is 12.9. The molecule has 0 radical (unpaired) electrons. The Kier molecular flexibility index (Phi) is 8.24. The molecule has 0 spiro atoms. The van der Waals surface area contributed by atoms with E-state index in [2.05, 4.69) is 10.0 Å². The van der Waals surface area contributed by atoms with E-state index in [1.807, 2.05) is 19.9 Å². The minimum Gasteiger partial charge on any atom is -0.324 e. The molecule has 0 aliphatic rings. The van der Waals surface area contributed by atoms with Crippen molar-refractivity contribution in [1.29, 1.82) is 0 Å². The Morgan fingerprint density at radius 3 is 1.86 bits per heavy atom. The Morgan fingerprint density at radius 2 is 1.36 bits per heavy atom. The zero-order valence-corrected chi connectivity index (χ0v) is 23.1. The van der Waals surface area contributed by atoms with Gasteiger partial charge in [-0.1, -0.05) is 29.3 Å². The maximum atomic E-state index is 13.0. The number of nitrogens with one attached hydrogen (secondary N) is 2. The largest absolute Gasteiger partial charge is 0.324 e. The second-order valence-corrected chi connectivity index (χ2v) is 12.8. The number of hydrogen-bond acceptors (Lipinski definition) is 5. The van der Waals surface area contributed by atoms with E-state index < -0.39 is 32.0 Å². The fourth-order valence-corrected chi connectivity index (χ4v) is 6.40. The van der Waals surface area contributed by atoms with Crippen LogP contribution in [0.5, 0.6) is 0 Å². The quantitative estimate of drug-likeness (QED) is 0.387. The molecular formula is C24H25Cl2N3O5S2. The average Bonchev–Trinajstić information content (AvgIpc) is 2.71. The van der Waals surface area contributed by atoms with Crippen molar-refractivity contribution in [2.24, 2.45) is 0 Å². The second-order valence-electron chi connectivity index (χ2n) is 8.36. The lowest BCUT2D eigenvalue weighted by molar-refractivity contribution is -0.116. The third-order valence-corrected chi connectivity index (χ3v) is 8.17. The predicted molar refractivity (Wildman–Crippen MR) is 145 cm³/mol. The molecule has 3 aromatic carbocycles. The number of hydrogen-bond donors (Lipinski definition) is 2. The summed E-state index contributed by atoms with van der Waals surface area (Å²) in [6.07, 6.45) is 1.04. The van der Waals surface area contributed by atoms with E-state index in [9.17, 15) is 21.6 Å². The van der Waals surface area contributed by atoms with Crippen LogP contribution < -0.4 is 14.3 Å². The molecule has 0 heterocycles. The van der Waals surface area contributed by atoms with E-state index in [-0.39, 0.29) is 20.6 Å². The Balaban J connectivity index is 1.79. The van der Waals surface area contributed by atoms with Gasteiger partial charge >= 0.3 is 0 Å². The van der Waals surface area contributed by atoms with Gasteiger partial charge in [-0.05, 0) is 86.5 Å². The van der Waals surface area contributed by atoms with E-state index in [1.165, 1.54) is 49.4 Å². The number of sulfonamides is 2. The smallest absolute Gasteiger partial charge is 0.261 e. The first kappa shape index (κ1) is 27.8. The number of rotatable bonds is 8. The van der Waals surface area contributed by atoms with Crippen LogP contribution in [-0.4, -0.2) is 35.0 Å². The number of nitrogens with zero attached hydrogens (tertiary/aromatic N) is 1. The van der Waals surface area contributed by atoms with Crippen molar-refractivity contribution >= 4 is 66.2 Å². The molecule has 0 aromatic heterocycles. The van der Waals surface area contributed by atoms with Crippen molar-refractivity contribution in [3.63, 3.8) is 0 Å². The van der Waals surface area contributed by atoms with Crippen LogP contribution in [0.4, 0.5) is 17.1 Å². The molecular weight excluding hydrogens is 545 g/mol. The normalized spacial score (nSPS) is 12.6. The molecule has 0 aliphatic heterocycles. The fraction of sp³-hybridized carbons (Fsp3) is 0.208. The summed E-state index contributed by atoms with van der Waals surface area (Å²) >= 11 is 11.8. The highest BCUT2D eigenvalue weighted by molar-refractivity contribution is 7.92. The number of amides is 1. The van der Waals surface area contributed by atoms with Crippen LogP contribution in [0.1, 0.15) is 18.1 Å². The first-order valence-electron chi connectivity index (χ1n) is 10.6. The van der Waals surface area contributed by atoms with Gasteiger partial charge in [-0.15, -0.1) is 0 Å². The van der Waals surface area contributed by atoms with Gasteiger partial charge in [-0.2, -0.15) is 0 Å². The molecule has 0 saturated carbocycles. The molecule has 3 aromatic rings. The Labute approximate surface area is 221 Å². The van der Waals surface area contributed by atoms with Crippen molar-refractivity contribution in [3.8, 4) is 0 Å². The minimum absolute atomic E-state index is 0.0577. The van der Waals surface area contributed by atoms with E-state index in [0.717, 1.165) is 21.7 Å². The molecule has 12 heteroatoms. The first-order valence-corrected chi connectivity index (χ1v) is 14.7. The van der Waals surface area contributed by atoms with Crippen LogP contribution in [0.2, 0.25) is 10.0 Å². The van der Waals surface area contributed by atoms with Gasteiger partial charge in [0.25, 0.3) is 10.0 Å². The molecule has 8 nitrogen and oxygen atoms in total. The third kappa shape index (κ3) is 6.91. The van der Waals surface area contributed by atoms with Crippen molar-refractivity contribution in [2.45, 2.75) is 31.7 Å². The molecule has 0 fully saturated rings. The zero-order valence-electron chi connectivity index (χ0n) is 19.9. The fourth-order valence-electron chi connectivity index (χ4n) is 3.68. The highest BCUT2D eigenvalue weighted by Gasteiger charge is 2.29. The maximum absolute atomic E-state index is 13.0. The number of halogens is 2. The standard InChI is InChI=1S/C24H25Cl2N3O5S2/c1-15-9-16(2)11-22(10-15)29(35(4,31)32)17(3)24(30)27-20-5-7-23(8-6-20)36(33,34)28-21-13-18(25)12-19(26)14-21/h5-14,17,28H,1-4H3,(H,27,30)/t17-/m1/s1. The molecule has 192 valence electrons. The van der Waals surface area contributed by atoms with Crippen molar-refractivity contribution in [3.05, 3.63) is 81.8 Å². The summed E-state index contributed by atoms with van der Waals surface area (Å²) in [5, 5.41) is 3.19. The van der Waals surface area contributed by atoms with E-state index in [1.54, 1.807) is 12.1 Å². The maximum Gasteiger partial charge on any atom is 0.261 e. The molecule has 3 rings (SSSR count). The number of aryl methyl sites for hydroxylation is 2. The molecule has 2 N–H and O–H groups in total. The van der Waals surface area contributed by atoms with Crippen LogP contribution in [0.25, 0.3) is 0 Å². The SMILES string of the molecule is Cc1cc(C)cc(N([C@H](C)C(=O)Nc2ccc(S(=O)(=O)Nc3cc(Cl)cc(Cl)c3)cc2)S(C)(=O)=O)c1. The Bertz CT molecular complexity index is 1470. The Hall–Kier alpha value is -2.79. The van der Waals surface area contributed by atoms with Crippen LogP contribution in [0.3, 0.4) is 0 Å². The van der Waals surface area contributed by atoms with Gasteiger partial charge in [0.15, 0.2) is 0 Å². The molecule has 0 unspecified atom stereocenters. The van der Waals surface area contributed by atoms with Crippen LogP contribution in [0.15, 0.2) is 65.6 Å². The van der Waals surface area contributed by atoms with Crippen LogP contribution >= 0.6 is 23.2 Å². The van der Waals surface area contributed by atoms with E-state index in [4.69, 9.17) is 23.2 Å². The summed E-state index contributed by atoms with van der Waals surface area (Å²) in [6, 6.07) is 14.0. The summed E-state index contributed by atoms with van der Waals surface area (Å²) < 4.78 is 54.0. The lowest BCUT2D eigenvalue weighted by Gasteiger charge is -2.28. The summed E-state index contributed by atoms with van der Waals surface area (Å²) in [6.45, 7) is 5.16. The zero-order chi connectivity index (χ0) is 26.8. The monoisotopic (exact) mass is 569 g/mol. The molecule has 1 amide bonds. The van der Waals surface area contributed by atoms with Gasteiger partial charge < -0.3 is 5.32 Å².